The Morgan fingerprint density at radius 1 is 1.33 bits per heavy atom. The first-order valence-corrected chi connectivity index (χ1v) is 6.49. The van der Waals surface area contributed by atoms with Crippen molar-refractivity contribution in [1.29, 1.82) is 0 Å². The van der Waals surface area contributed by atoms with E-state index >= 15 is 0 Å². The van der Waals surface area contributed by atoms with E-state index in [2.05, 4.69) is 25.8 Å². The van der Waals surface area contributed by atoms with Gasteiger partial charge in [-0.25, -0.2) is 0 Å². The third-order valence-corrected chi connectivity index (χ3v) is 3.35. The SMILES string of the molecule is CC(C)(C)c1cc(C(N)=S)c2cccc(Cl)c2n1. The molecule has 94 valence electrons. The Kier molecular flexibility index (Phi) is 3.30. The van der Waals surface area contributed by atoms with Crippen LogP contribution in [0.3, 0.4) is 0 Å². The van der Waals surface area contributed by atoms with Crippen molar-refractivity contribution in [3.63, 3.8) is 0 Å². The van der Waals surface area contributed by atoms with E-state index in [1.165, 1.54) is 0 Å². The topological polar surface area (TPSA) is 38.9 Å². The summed E-state index contributed by atoms with van der Waals surface area (Å²) in [6.07, 6.45) is 0. The van der Waals surface area contributed by atoms with E-state index in [1.54, 1.807) is 0 Å². The van der Waals surface area contributed by atoms with E-state index in [1.807, 2.05) is 24.3 Å². The summed E-state index contributed by atoms with van der Waals surface area (Å²) < 4.78 is 0. The molecule has 2 N–H and O–H groups in total. The predicted octanol–water partition coefficient (Wildman–Crippen LogP) is 3.82. The zero-order valence-electron chi connectivity index (χ0n) is 10.6. The van der Waals surface area contributed by atoms with Crippen LogP contribution in [-0.2, 0) is 5.41 Å². The standard InChI is InChI=1S/C14H15ClN2S/c1-14(2,3)11-7-9(13(16)18)8-5-4-6-10(15)12(8)17-11/h4-7H,1-3H3,(H2,16,18). The highest BCUT2D eigenvalue weighted by molar-refractivity contribution is 7.80. The van der Waals surface area contributed by atoms with Gasteiger partial charge in [0.2, 0.25) is 0 Å². The number of nitrogens with zero attached hydrogens (tertiary/aromatic N) is 1. The van der Waals surface area contributed by atoms with Crippen molar-refractivity contribution in [2.45, 2.75) is 26.2 Å². The molecule has 0 aliphatic heterocycles. The largest absolute Gasteiger partial charge is 0.389 e. The highest BCUT2D eigenvalue weighted by Gasteiger charge is 2.19. The summed E-state index contributed by atoms with van der Waals surface area (Å²) >= 11 is 11.3. The van der Waals surface area contributed by atoms with Gasteiger partial charge in [-0.3, -0.25) is 4.98 Å². The average molecular weight is 279 g/mol. The number of hydrogen-bond acceptors (Lipinski definition) is 2. The molecule has 1 aromatic carbocycles. The van der Waals surface area contributed by atoms with E-state index in [0.717, 1.165) is 22.2 Å². The average Bonchev–Trinajstić information content (AvgIpc) is 2.27. The van der Waals surface area contributed by atoms with Crippen molar-refractivity contribution < 1.29 is 0 Å². The lowest BCUT2D eigenvalue weighted by atomic mass is 9.90. The fraction of sp³-hybridized carbons (Fsp3) is 0.286. The Labute approximate surface area is 117 Å². The Morgan fingerprint density at radius 2 is 2.00 bits per heavy atom. The van der Waals surface area contributed by atoms with Crippen LogP contribution in [0.4, 0.5) is 0 Å². The van der Waals surface area contributed by atoms with E-state index in [4.69, 9.17) is 29.6 Å². The zero-order valence-corrected chi connectivity index (χ0v) is 12.2. The number of benzene rings is 1. The molecule has 2 aromatic rings. The van der Waals surface area contributed by atoms with Gasteiger partial charge >= 0.3 is 0 Å². The molecule has 0 saturated carbocycles. The summed E-state index contributed by atoms with van der Waals surface area (Å²) in [5.41, 5.74) is 8.26. The molecular formula is C14H15ClN2S. The van der Waals surface area contributed by atoms with Crippen LogP contribution in [0.15, 0.2) is 24.3 Å². The molecule has 0 aliphatic rings. The van der Waals surface area contributed by atoms with E-state index in [0.29, 0.717) is 10.0 Å². The van der Waals surface area contributed by atoms with Crippen LogP contribution in [0, 0.1) is 0 Å². The summed E-state index contributed by atoms with van der Waals surface area (Å²) in [6, 6.07) is 7.60. The maximum absolute atomic E-state index is 6.21. The number of pyridine rings is 1. The van der Waals surface area contributed by atoms with Gasteiger partial charge in [-0.15, -0.1) is 0 Å². The molecule has 4 heteroatoms. The van der Waals surface area contributed by atoms with Crippen LogP contribution in [0.25, 0.3) is 10.9 Å². The first-order chi connectivity index (χ1) is 8.30. The van der Waals surface area contributed by atoms with Crippen LogP contribution in [0.5, 0.6) is 0 Å². The summed E-state index contributed by atoms with van der Waals surface area (Å²) in [6.45, 7) is 6.30. The first kappa shape index (κ1) is 13.2. The molecule has 0 atom stereocenters. The summed E-state index contributed by atoms with van der Waals surface area (Å²) in [7, 11) is 0. The fourth-order valence-electron chi connectivity index (χ4n) is 1.80. The third-order valence-electron chi connectivity index (χ3n) is 2.82. The maximum atomic E-state index is 6.21. The lowest BCUT2D eigenvalue weighted by Gasteiger charge is -2.20. The summed E-state index contributed by atoms with van der Waals surface area (Å²) in [5.74, 6) is 0. The van der Waals surface area contributed by atoms with E-state index in [-0.39, 0.29) is 5.41 Å². The second-order valence-corrected chi connectivity index (χ2v) is 6.15. The number of nitrogens with two attached hydrogens (primary N) is 1. The molecule has 0 saturated heterocycles. The monoisotopic (exact) mass is 278 g/mol. The number of halogens is 1. The molecule has 18 heavy (non-hydrogen) atoms. The zero-order chi connectivity index (χ0) is 13.5. The van der Waals surface area contributed by atoms with Crippen LogP contribution in [0.2, 0.25) is 5.02 Å². The van der Waals surface area contributed by atoms with Crippen LogP contribution < -0.4 is 5.73 Å². The van der Waals surface area contributed by atoms with Crippen molar-refractivity contribution in [3.05, 3.63) is 40.5 Å². The van der Waals surface area contributed by atoms with Gasteiger partial charge in [0.15, 0.2) is 0 Å². The lowest BCUT2D eigenvalue weighted by Crippen LogP contribution is -2.17. The number of hydrogen-bond donors (Lipinski definition) is 1. The van der Waals surface area contributed by atoms with Gasteiger partial charge in [0.1, 0.15) is 4.99 Å². The van der Waals surface area contributed by atoms with Crippen molar-refractivity contribution >= 4 is 39.7 Å². The highest BCUT2D eigenvalue weighted by Crippen LogP contribution is 2.29. The smallest absolute Gasteiger partial charge is 0.104 e. The quantitative estimate of drug-likeness (QED) is 0.806. The number of para-hydroxylation sites is 1. The second-order valence-electron chi connectivity index (χ2n) is 5.31. The first-order valence-electron chi connectivity index (χ1n) is 5.70. The Bertz CT molecular complexity index is 629. The number of rotatable bonds is 1. The minimum atomic E-state index is -0.0765. The van der Waals surface area contributed by atoms with Gasteiger partial charge in [0.25, 0.3) is 0 Å². The minimum absolute atomic E-state index is 0.0765. The lowest BCUT2D eigenvalue weighted by molar-refractivity contribution is 0.571. The van der Waals surface area contributed by atoms with E-state index in [9.17, 15) is 0 Å². The molecule has 0 amide bonds. The number of thiocarbonyl (C=S) groups is 1. The molecule has 1 aromatic heterocycles. The second kappa shape index (κ2) is 4.48. The van der Waals surface area contributed by atoms with Crippen molar-refractivity contribution in [2.24, 2.45) is 5.73 Å². The van der Waals surface area contributed by atoms with Gasteiger partial charge in [-0.05, 0) is 12.1 Å². The predicted molar refractivity (Wildman–Crippen MR) is 81.3 cm³/mol. The van der Waals surface area contributed by atoms with Crippen molar-refractivity contribution in [3.8, 4) is 0 Å². The molecular weight excluding hydrogens is 264 g/mol. The van der Waals surface area contributed by atoms with Crippen LogP contribution in [-0.4, -0.2) is 9.97 Å². The molecule has 2 rings (SSSR count). The highest BCUT2D eigenvalue weighted by atomic mass is 35.5. The third kappa shape index (κ3) is 2.33. The molecule has 2 nitrogen and oxygen atoms in total. The normalized spacial score (nSPS) is 11.8. The molecule has 0 unspecified atom stereocenters. The fourth-order valence-corrected chi connectivity index (χ4v) is 2.19. The van der Waals surface area contributed by atoms with E-state index < -0.39 is 0 Å². The van der Waals surface area contributed by atoms with Gasteiger partial charge < -0.3 is 5.73 Å². The molecule has 0 bridgehead atoms. The van der Waals surface area contributed by atoms with Crippen LogP contribution in [0.1, 0.15) is 32.0 Å². The van der Waals surface area contributed by atoms with Gasteiger partial charge in [0, 0.05) is 22.1 Å². The Morgan fingerprint density at radius 3 is 2.56 bits per heavy atom. The summed E-state index contributed by atoms with van der Waals surface area (Å²) in [4.78, 5) is 5.01. The molecule has 0 spiro atoms. The Balaban J connectivity index is 2.88. The molecule has 0 aliphatic carbocycles. The maximum Gasteiger partial charge on any atom is 0.104 e. The molecule has 0 fully saturated rings. The minimum Gasteiger partial charge on any atom is -0.389 e. The van der Waals surface area contributed by atoms with Gasteiger partial charge in [0.05, 0.1) is 10.5 Å². The van der Waals surface area contributed by atoms with Crippen LogP contribution >= 0.6 is 23.8 Å². The number of fused-ring (bicyclic) bond motifs is 1. The van der Waals surface area contributed by atoms with Gasteiger partial charge in [-0.2, -0.15) is 0 Å². The Hall–Kier alpha value is -1.19. The molecule has 0 radical (unpaired) electrons. The van der Waals surface area contributed by atoms with Crippen molar-refractivity contribution in [1.82, 2.24) is 4.98 Å². The molecule has 1 heterocycles. The van der Waals surface area contributed by atoms with Crippen molar-refractivity contribution in [2.75, 3.05) is 0 Å². The van der Waals surface area contributed by atoms with Gasteiger partial charge in [-0.1, -0.05) is 56.7 Å². The summed E-state index contributed by atoms with van der Waals surface area (Å²) in [5, 5.41) is 1.53. The number of aromatic nitrogens is 1.